The SMILES string of the molecule is O=C1C2C3CCC(O3)C2C(=O)N1c1ccc2c(c1)OCO2. The van der Waals surface area contributed by atoms with Crippen LogP contribution in [0.3, 0.4) is 0 Å². The van der Waals surface area contributed by atoms with Gasteiger partial charge in [0.25, 0.3) is 0 Å². The number of ether oxygens (including phenoxy) is 3. The van der Waals surface area contributed by atoms with Gasteiger partial charge in [0, 0.05) is 6.07 Å². The Kier molecular flexibility index (Phi) is 2.07. The van der Waals surface area contributed by atoms with Crippen LogP contribution in [0.4, 0.5) is 5.69 Å². The summed E-state index contributed by atoms with van der Waals surface area (Å²) in [5.41, 5.74) is 0.558. The fraction of sp³-hybridized carbons (Fsp3) is 0.467. The minimum absolute atomic E-state index is 0.0875. The molecule has 0 radical (unpaired) electrons. The molecule has 0 aromatic heterocycles. The van der Waals surface area contributed by atoms with Crippen LogP contribution >= 0.6 is 0 Å². The number of imide groups is 1. The van der Waals surface area contributed by atoms with E-state index < -0.39 is 0 Å². The van der Waals surface area contributed by atoms with Gasteiger partial charge in [-0.2, -0.15) is 0 Å². The summed E-state index contributed by atoms with van der Waals surface area (Å²) in [6, 6.07) is 5.16. The third-order valence-electron chi connectivity index (χ3n) is 4.90. The molecule has 4 atom stereocenters. The van der Waals surface area contributed by atoms with Crippen molar-refractivity contribution in [3.05, 3.63) is 18.2 Å². The molecule has 2 bridgehead atoms. The fourth-order valence-electron chi connectivity index (χ4n) is 3.99. The second kappa shape index (κ2) is 3.76. The van der Waals surface area contributed by atoms with Crippen molar-refractivity contribution in [1.29, 1.82) is 0 Å². The van der Waals surface area contributed by atoms with Crippen LogP contribution in [0, 0.1) is 11.8 Å². The minimum atomic E-state index is -0.304. The number of amides is 2. The van der Waals surface area contributed by atoms with Crippen molar-refractivity contribution in [1.82, 2.24) is 0 Å². The zero-order valence-electron chi connectivity index (χ0n) is 11.2. The first-order valence-electron chi connectivity index (χ1n) is 7.17. The van der Waals surface area contributed by atoms with Gasteiger partial charge in [0.15, 0.2) is 11.5 Å². The standard InChI is InChI=1S/C15H13NO5/c17-14-12-9-3-4-10(21-9)13(12)15(18)16(14)7-1-2-8-11(5-7)20-6-19-8/h1-2,5,9-10,12-13H,3-4,6H2. The molecule has 1 aromatic carbocycles. The highest BCUT2D eigenvalue weighted by Gasteiger charge is 2.62. The molecule has 4 heterocycles. The summed E-state index contributed by atoms with van der Waals surface area (Å²) < 4.78 is 16.3. The molecule has 0 aliphatic carbocycles. The molecule has 0 N–H and O–H groups in total. The maximum Gasteiger partial charge on any atom is 0.240 e. The topological polar surface area (TPSA) is 65.1 Å². The average molecular weight is 287 g/mol. The molecule has 6 heteroatoms. The summed E-state index contributed by atoms with van der Waals surface area (Å²) in [4.78, 5) is 26.6. The zero-order valence-corrected chi connectivity index (χ0v) is 11.2. The second-order valence-electron chi connectivity index (χ2n) is 5.89. The van der Waals surface area contributed by atoms with Gasteiger partial charge in [-0.25, -0.2) is 4.90 Å². The number of benzene rings is 1. The van der Waals surface area contributed by atoms with Crippen LogP contribution < -0.4 is 14.4 Å². The molecular weight excluding hydrogens is 274 g/mol. The van der Waals surface area contributed by atoms with Crippen LogP contribution in [0.1, 0.15) is 12.8 Å². The highest BCUT2D eigenvalue weighted by molar-refractivity contribution is 6.22. The van der Waals surface area contributed by atoms with Crippen LogP contribution in [0.5, 0.6) is 11.5 Å². The Morgan fingerprint density at radius 1 is 0.952 bits per heavy atom. The number of rotatable bonds is 1. The van der Waals surface area contributed by atoms with Gasteiger partial charge in [-0.15, -0.1) is 0 Å². The van der Waals surface area contributed by atoms with Crippen molar-refractivity contribution in [3.63, 3.8) is 0 Å². The summed E-state index contributed by atoms with van der Waals surface area (Å²) in [7, 11) is 0. The van der Waals surface area contributed by atoms with Crippen LogP contribution in [0.15, 0.2) is 18.2 Å². The lowest BCUT2D eigenvalue weighted by Crippen LogP contribution is -2.34. The van der Waals surface area contributed by atoms with E-state index in [1.54, 1.807) is 18.2 Å². The second-order valence-corrected chi connectivity index (χ2v) is 5.89. The van der Waals surface area contributed by atoms with E-state index >= 15 is 0 Å². The number of hydrogen-bond donors (Lipinski definition) is 0. The van der Waals surface area contributed by atoms with E-state index in [0.29, 0.717) is 17.2 Å². The van der Waals surface area contributed by atoms with Crippen molar-refractivity contribution < 1.29 is 23.8 Å². The van der Waals surface area contributed by atoms with Gasteiger partial charge in [-0.05, 0) is 25.0 Å². The lowest BCUT2D eigenvalue weighted by atomic mass is 9.81. The first kappa shape index (κ1) is 11.6. The number of carbonyl (C=O) groups excluding carboxylic acids is 2. The van der Waals surface area contributed by atoms with Crippen molar-refractivity contribution >= 4 is 17.5 Å². The lowest BCUT2D eigenvalue weighted by molar-refractivity contribution is -0.124. The first-order chi connectivity index (χ1) is 10.2. The predicted molar refractivity (Wildman–Crippen MR) is 69.9 cm³/mol. The molecule has 4 unspecified atom stereocenters. The van der Waals surface area contributed by atoms with Crippen molar-refractivity contribution in [2.24, 2.45) is 11.8 Å². The van der Waals surface area contributed by atoms with Crippen LogP contribution in [-0.2, 0) is 14.3 Å². The minimum Gasteiger partial charge on any atom is -0.454 e. The Morgan fingerprint density at radius 3 is 2.33 bits per heavy atom. The number of hydrogen-bond acceptors (Lipinski definition) is 5. The number of anilines is 1. The molecular formula is C15H13NO5. The summed E-state index contributed by atoms with van der Waals surface area (Å²) in [5, 5.41) is 0. The first-order valence-corrected chi connectivity index (χ1v) is 7.17. The van der Waals surface area contributed by atoms with E-state index in [9.17, 15) is 9.59 Å². The third kappa shape index (κ3) is 1.35. The maximum atomic E-state index is 12.6. The van der Waals surface area contributed by atoms with Crippen molar-refractivity contribution in [2.75, 3.05) is 11.7 Å². The highest BCUT2D eigenvalue weighted by atomic mass is 16.7. The molecule has 4 aliphatic rings. The van der Waals surface area contributed by atoms with Crippen LogP contribution in [0.25, 0.3) is 0 Å². The lowest BCUT2D eigenvalue weighted by Gasteiger charge is -2.17. The quantitative estimate of drug-likeness (QED) is 0.723. The summed E-state index contributed by atoms with van der Waals surface area (Å²) in [6.07, 6.45) is 1.57. The van der Waals surface area contributed by atoms with Crippen LogP contribution in [-0.4, -0.2) is 30.8 Å². The average Bonchev–Trinajstić information content (AvgIpc) is 3.22. The molecule has 0 spiro atoms. The van der Waals surface area contributed by atoms with Gasteiger partial charge in [0.1, 0.15) is 0 Å². The Balaban J connectivity index is 1.55. The molecule has 5 rings (SSSR count). The fourth-order valence-corrected chi connectivity index (χ4v) is 3.99. The molecule has 4 aliphatic heterocycles. The van der Waals surface area contributed by atoms with Crippen molar-refractivity contribution in [3.8, 4) is 11.5 Å². The number of fused-ring (bicyclic) bond motifs is 6. The van der Waals surface area contributed by atoms with Crippen molar-refractivity contribution in [2.45, 2.75) is 25.0 Å². The smallest absolute Gasteiger partial charge is 0.240 e. The van der Waals surface area contributed by atoms with E-state index in [1.807, 2.05) is 0 Å². The van der Waals surface area contributed by atoms with Gasteiger partial charge in [-0.1, -0.05) is 0 Å². The van der Waals surface area contributed by atoms with Crippen LogP contribution in [0.2, 0.25) is 0 Å². The van der Waals surface area contributed by atoms with E-state index in [0.717, 1.165) is 12.8 Å². The Labute approximate surface area is 120 Å². The highest BCUT2D eigenvalue weighted by Crippen LogP contribution is 2.50. The summed E-state index contributed by atoms with van der Waals surface area (Å²) in [5.74, 6) is 0.321. The molecule has 0 saturated carbocycles. The molecule has 108 valence electrons. The van der Waals surface area contributed by atoms with E-state index in [1.165, 1.54) is 4.90 Å². The van der Waals surface area contributed by atoms with Gasteiger partial charge in [0.2, 0.25) is 18.6 Å². The normalized spacial score (nSPS) is 35.7. The Bertz CT molecular complexity index is 644. The molecule has 1 aromatic rings. The predicted octanol–water partition coefficient (Wildman–Crippen LogP) is 1.08. The molecule has 3 saturated heterocycles. The zero-order chi connectivity index (χ0) is 14.1. The number of nitrogens with zero attached hydrogens (tertiary/aromatic N) is 1. The number of carbonyl (C=O) groups is 2. The monoisotopic (exact) mass is 287 g/mol. The summed E-state index contributed by atoms with van der Waals surface area (Å²) >= 11 is 0. The Morgan fingerprint density at radius 2 is 1.62 bits per heavy atom. The molecule has 6 nitrogen and oxygen atoms in total. The van der Waals surface area contributed by atoms with Gasteiger partial charge >= 0.3 is 0 Å². The van der Waals surface area contributed by atoms with E-state index in [-0.39, 0.29) is 42.7 Å². The van der Waals surface area contributed by atoms with Gasteiger partial charge in [-0.3, -0.25) is 9.59 Å². The van der Waals surface area contributed by atoms with Gasteiger partial charge < -0.3 is 14.2 Å². The third-order valence-corrected chi connectivity index (χ3v) is 4.90. The van der Waals surface area contributed by atoms with E-state index in [2.05, 4.69) is 0 Å². The molecule has 3 fully saturated rings. The van der Waals surface area contributed by atoms with E-state index in [4.69, 9.17) is 14.2 Å². The van der Waals surface area contributed by atoms with Gasteiger partial charge in [0.05, 0.1) is 29.7 Å². The molecule has 2 amide bonds. The maximum absolute atomic E-state index is 12.6. The molecule has 21 heavy (non-hydrogen) atoms. The summed E-state index contributed by atoms with van der Waals surface area (Å²) in [6.45, 7) is 0.171. The Hall–Kier alpha value is -2.08. The largest absolute Gasteiger partial charge is 0.454 e.